The quantitative estimate of drug-likeness (QED) is 0.485. The third kappa shape index (κ3) is 4.85. The molecule has 1 aromatic heterocycles. The molecule has 2 saturated heterocycles. The Balaban J connectivity index is 1.17. The number of benzene rings is 2. The van der Waals surface area contributed by atoms with Gasteiger partial charge in [-0.3, -0.25) is 14.5 Å². The summed E-state index contributed by atoms with van der Waals surface area (Å²) in [4.78, 5) is 34.9. The van der Waals surface area contributed by atoms with Crippen LogP contribution >= 0.6 is 11.3 Å². The number of piperazine rings is 1. The lowest BCUT2D eigenvalue weighted by Crippen LogP contribution is -2.64. The largest absolute Gasteiger partial charge is 0.416 e. The van der Waals surface area contributed by atoms with Gasteiger partial charge in [-0.2, -0.15) is 13.2 Å². The van der Waals surface area contributed by atoms with Crippen molar-refractivity contribution >= 4 is 23.2 Å². The fourth-order valence-corrected chi connectivity index (χ4v) is 5.12. The Morgan fingerprint density at radius 3 is 2.28 bits per heavy atom. The van der Waals surface area contributed by atoms with Crippen LogP contribution in [0.25, 0.3) is 11.1 Å². The van der Waals surface area contributed by atoms with Crippen molar-refractivity contribution in [2.24, 2.45) is 0 Å². The fourth-order valence-electron chi connectivity index (χ4n) is 4.52. The minimum Gasteiger partial charge on any atom is -0.335 e. The molecule has 36 heavy (non-hydrogen) atoms. The molecule has 3 heterocycles. The zero-order valence-corrected chi connectivity index (χ0v) is 19.9. The number of likely N-dealkylation sites (tertiary alicyclic amines) is 1. The van der Waals surface area contributed by atoms with E-state index in [9.17, 15) is 27.2 Å². The zero-order chi connectivity index (χ0) is 25.4. The van der Waals surface area contributed by atoms with E-state index in [4.69, 9.17) is 0 Å². The Hall–Kier alpha value is -3.31. The van der Waals surface area contributed by atoms with Gasteiger partial charge in [0.05, 0.1) is 11.1 Å². The van der Waals surface area contributed by atoms with Crippen LogP contribution < -0.4 is 0 Å². The van der Waals surface area contributed by atoms with Gasteiger partial charge < -0.3 is 9.80 Å². The molecule has 2 aliphatic rings. The number of carbonyl (C=O) groups is 2. The second-order valence-corrected chi connectivity index (χ2v) is 9.70. The Morgan fingerprint density at radius 1 is 0.917 bits per heavy atom. The summed E-state index contributed by atoms with van der Waals surface area (Å²) in [7, 11) is 0. The molecule has 188 valence electrons. The Bertz CT molecular complexity index is 1270. The molecule has 0 radical (unpaired) electrons. The van der Waals surface area contributed by atoms with Crippen LogP contribution in [0, 0.1) is 5.82 Å². The van der Waals surface area contributed by atoms with E-state index in [1.807, 2.05) is 0 Å². The molecule has 0 N–H and O–H groups in total. The number of carbonyl (C=O) groups excluding carboxylic acids is 2. The van der Waals surface area contributed by atoms with Crippen molar-refractivity contribution in [1.82, 2.24) is 19.7 Å². The molecule has 2 fully saturated rings. The average molecular weight is 519 g/mol. The van der Waals surface area contributed by atoms with Crippen molar-refractivity contribution in [2.45, 2.75) is 12.2 Å². The molecule has 0 unspecified atom stereocenters. The van der Waals surface area contributed by atoms with Crippen LogP contribution in [0.1, 0.15) is 25.7 Å². The van der Waals surface area contributed by atoms with E-state index in [0.29, 0.717) is 44.3 Å². The molecule has 2 aliphatic heterocycles. The number of hydrogen-bond acceptors (Lipinski definition) is 5. The van der Waals surface area contributed by atoms with E-state index in [1.54, 1.807) is 21.4 Å². The molecule has 3 aromatic rings. The third-order valence-corrected chi connectivity index (χ3v) is 7.37. The molecule has 11 heteroatoms. The molecule has 6 nitrogen and oxygen atoms in total. The number of hydrogen-bond donors (Lipinski definition) is 0. The van der Waals surface area contributed by atoms with Gasteiger partial charge in [0.1, 0.15) is 5.82 Å². The molecule has 0 spiro atoms. The van der Waals surface area contributed by atoms with Crippen LogP contribution in [0.4, 0.5) is 17.6 Å². The molecule has 0 bridgehead atoms. The summed E-state index contributed by atoms with van der Waals surface area (Å²) < 4.78 is 53.8. The number of thiazole rings is 1. The topological polar surface area (TPSA) is 56.8 Å². The maximum absolute atomic E-state index is 14.8. The van der Waals surface area contributed by atoms with E-state index in [0.717, 1.165) is 18.2 Å². The van der Waals surface area contributed by atoms with Gasteiger partial charge in [-0.1, -0.05) is 18.2 Å². The summed E-state index contributed by atoms with van der Waals surface area (Å²) in [5, 5.41) is 2.25. The molecular formula is C25H22F4N4O2S. The minimum atomic E-state index is -4.50. The van der Waals surface area contributed by atoms with E-state index >= 15 is 0 Å². The summed E-state index contributed by atoms with van der Waals surface area (Å²) in [6.45, 7) is 3.43. The van der Waals surface area contributed by atoms with Crippen molar-refractivity contribution < 1.29 is 27.2 Å². The van der Waals surface area contributed by atoms with Crippen LogP contribution in [0.5, 0.6) is 0 Å². The van der Waals surface area contributed by atoms with Crippen LogP contribution in [0.2, 0.25) is 0 Å². The lowest BCUT2D eigenvalue weighted by molar-refractivity contribution is -0.137. The third-order valence-electron chi connectivity index (χ3n) is 6.61. The number of alkyl halides is 3. The first kappa shape index (κ1) is 24.4. The molecule has 2 amide bonds. The summed E-state index contributed by atoms with van der Waals surface area (Å²) in [5.74, 6) is -1.29. The van der Waals surface area contributed by atoms with Crippen LogP contribution in [0.3, 0.4) is 0 Å². The number of amides is 2. The summed E-state index contributed by atoms with van der Waals surface area (Å²) in [5.41, 5.74) is -0.440. The highest BCUT2D eigenvalue weighted by Gasteiger charge is 2.38. The van der Waals surface area contributed by atoms with Crippen molar-refractivity contribution in [3.05, 3.63) is 76.0 Å². The maximum Gasteiger partial charge on any atom is 0.416 e. The highest BCUT2D eigenvalue weighted by atomic mass is 32.1. The predicted molar refractivity (Wildman–Crippen MR) is 126 cm³/mol. The van der Waals surface area contributed by atoms with Gasteiger partial charge in [0.2, 0.25) is 0 Å². The normalized spacial score (nSPS) is 17.2. The lowest BCUT2D eigenvalue weighted by Gasteiger charge is -2.48. The van der Waals surface area contributed by atoms with Gasteiger partial charge in [-0.05, 0) is 35.4 Å². The fraction of sp³-hybridized carbons (Fsp3) is 0.320. The highest BCUT2D eigenvalue weighted by Crippen LogP contribution is 2.33. The van der Waals surface area contributed by atoms with Gasteiger partial charge in [0.15, 0.2) is 5.01 Å². The summed E-state index contributed by atoms with van der Waals surface area (Å²) >= 11 is 1.32. The Labute approximate surface area is 208 Å². The van der Waals surface area contributed by atoms with Gasteiger partial charge in [-0.25, -0.2) is 9.37 Å². The number of rotatable bonds is 4. The first-order valence-corrected chi connectivity index (χ1v) is 12.3. The summed E-state index contributed by atoms with van der Waals surface area (Å²) in [6.07, 6.45) is -2.89. The van der Waals surface area contributed by atoms with E-state index in [1.165, 1.54) is 35.6 Å². The highest BCUT2D eigenvalue weighted by molar-refractivity contribution is 7.11. The predicted octanol–water partition coefficient (Wildman–Crippen LogP) is 4.25. The second-order valence-electron chi connectivity index (χ2n) is 8.80. The SMILES string of the molecule is O=C(c1nccs1)N1CCN(C2CN(C(=O)c3ccc(-c4cccc(C(F)(F)F)c4)cc3F)C2)CC1. The standard InChI is InChI=1S/C25H22F4N4O2S/c26-21-13-17(16-2-1-3-18(12-16)25(27,28)29)4-5-20(21)23(34)33-14-19(15-33)31-7-9-32(10-8-31)24(35)22-30-6-11-36-22/h1-6,11-13,19H,7-10,14-15H2. The smallest absolute Gasteiger partial charge is 0.335 e. The van der Waals surface area contributed by atoms with Gasteiger partial charge in [0, 0.05) is 56.9 Å². The number of halogens is 4. The first-order chi connectivity index (χ1) is 17.2. The number of nitrogens with zero attached hydrogens (tertiary/aromatic N) is 4. The van der Waals surface area contributed by atoms with E-state index in [-0.39, 0.29) is 28.6 Å². The molecule has 5 rings (SSSR count). The lowest BCUT2D eigenvalue weighted by atomic mass is 9.99. The molecule has 0 aliphatic carbocycles. The van der Waals surface area contributed by atoms with Gasteiger partial charge in [0.25, 0.3) is 11.8 Å². The second kappa shape index (κ2) is 9.62. The van der Waals surface area contributed by atoms with Crippen molar-refractivity contribution in [2.75, 3.05) is 39.3 Å². The molecule has 2 aromatic carbocycles. The van der Waals surface area contributed by atoms with Gasteiger partial charge in [-0.15, -0.1) is 11.3 Å². The number of aromatic nitrogens is 1. The van der Waals surface area contributed by atoms with E-state index in [2.05, 4.69) is 9.88 Å². The average Bonchev–Trinajstić information content (AvgIpc) is 3.37. The molecular weight excluding hydrogens is 496 g/mol. The molecule has 0 saturated carbocycles. The monoisotopic (exact) mass is 518 g/mol. The van der Waals surface area contributed by atoms with Crippen molar-refractivity contribution in [3.63, 3.8) is 0 Å². The summed E-state index contributed by atoms with van der Waals surface area (Å²) in [6, 6.07) is 8.67. The Morgan fingerprint density at radius 2 is 1.64 bits per heavy atom. The van der Waals surface area contributed by atoms with E-state index < -0.39 is 23.5 Å². The van der Waals surface area contributed by atoms with Gasteiger partial charge >= 0.3 is 6.18 Å². The Kier molecular flexibility index (Phi) is 6.52. The van der Waals surface area contributed by atoms with Crippen LogP contribution in [-0.2, 0) is 6.18 Å². The molecule has 0 atom stereocenters. The first-order valence-electron chi connectivity index (χ1n) is 11.4. The van der Waals surface area contributed by atoms with Crippen molar-refractivity contribution in [3.8, 4) is 11.1 Å². The minimum absolute atomic E-state index is 0.0703. The van der Waals surface area contributed by atoms with Crippen molar-refractivity contribution in [1.29, 1.82) is 0 Å². The zero-order valence-electron chi connectivity index (χ0n) is 19.0. The van der Waals surface area contributed by atoms with Crippen LogP contribution in [-0.4, -0.2) is 76.8 Å². The van der Waals surface area contributed by atoms with Crippen LogP contribution in [0.15, 0.2) is 54.0 Å². The maximum atomic E-state index is 14.8.